The Hall–Kier alpha value is -2.37. The molecule has 1 heterocycles. The maximum absolute atomic E-state index is 13.8. The number of rotatable bonds is 7. The van der Waals surface area contributed by atoms with Crippen molar-refractivity contribution in [1.29, 1.82) is 0 Å². The molecule has 136 valence electrons. The molecule has 3 N–H and O–H groups in total. The van der Waals surface area contributed by atoms with Crippen LogP contribution in [-0.2, 0) is 6.42 Å². The average molecular weight is 345 g/mol. The standard InChI is InChI=1S/C19H28FN5/c1-5-21-19(22-10-6-7-17-12-23-25-15(17)4)24-14(3)16-9-8-13(2)18(20)11-16/h8-9,11-12,14H,5-7,10H2,1-4H3,(H,23,25)(H2,21,22,24). The topological polar surface area (TPSA) is 65.1 Å². The van der Waals surface area contributed by atoms with Crippen LogP contribution in [0.5, 0.6) is 0 Å². The van der Waals surface area contributed by atoms with Gasteiger partial charge in [0.25, 0.3) is 0 Å². The molecule has 1 atom stereocenters. The highest BCUT2D eigenvalue weighted by molar-refractivity contribution is 5.80. The predicted molar refractivity (Wildman–Crippen MR) is 100 cm³/mol. The molecule has 0 radical (unpaired) electrons. The third-order valence-electron chi connectivity index (χ3n) is 4.20. The van der Waals surface area contributed by atoms with Crippen molar-refractivity contribution in [3.8, 4) is 0 Å². The van der Waals surface area contributed by atoms with Crippen molar-refractivity contribution >= 4 is 5.96 Å². The van der Waals surface area contributed by atoms with E-state index in [1.807, 2.05) is 33.0 Å². The van der Waals surface area contributed by atoms with Crippen LogP contribution in [0.25, 0.3) is 0 Å². The van der Waals surface area contributed by atoms with Gasteiger partial charge in [-0.2, -0.15) is 5.10 Å². The zero-order chi connectivity index (χ0) is 18.2. The second-order valence-corrected chi connectivity index (χ2v) is 6.26. The average Bonchev–Trinajstić information content (AvgIpc) is 2.99. The molecular formula is C19H28FN5. The summed E-state index contributed by atoms with van der Waals surface area (Å²) >= 11 is 0. The van der Waals surface area contributed by atoms with E-state index in [1.54, 1.807) is 19.1 Å². The third kappa shape index (κ3) is 5.59. The Morgan fingerprint density at radius 1 is 1.36 bits per heavy atom. The maximum atomic E-state index is 13.8. The number of aliphatic imine (C=N–C) groups is 1. The second kappa shape index (κ2) is 9.20. The van der Waals surface area contributed by atoms with E-state index < -0.39 is 0 Å². The Kier molecular flexibility index (Phi) is 6.98. The van der Waals surface area contributed by atoms with E-state index in [2.05, 4.69) is 25.8 Å². The summed E-state index contributed by atoms with van der Waals surface area (Å²) in [6.07, 6.45) is 3.77. The fourth-order valence-corrected chi connectivity index (χ4v) is 2.57. The fourth-order valence-electron chi connectivity index (χ4n) is 2.57. The summed E-state index contributed by atoms with van der Waals surface area (Å²) in [5.74, 6) is 0.573. The van der Waals surface area contributed by atoms with Crippen molar-refractivity contribution < 1.29 is 4.39 Å². The highest BCUT2D eigenvalue weighted by atomic mass is 19.1. The zero-order valence-corrected chi connectivity index (χ0v) is 15.5. The minimum atomic E-state index is -0.177. The molecular weight excluding hydrogens is 317 g/mol. The first kappa shape index (κ1) is 19.0. The van der Waals surface area contributed by atoms with Crippen molar-refractivity contribution in [2.45, 2.75) is 46.6 Å². The Morgan fingerprint density at radius 3 is 2.80 bits per heavy atom. The molecule has 0 spiro atoms. The molecule has 1 unspecified atom stereocenters. The molecule has 0 aliphatic heterocycles. The number of aromatic nitrogens is 2. The number of hydrogen-bond donors (Lipinski definition) is 3. The lowest BCUT2D eigenvalue weighted by Gasteiger charge is -2.18. The minimum absolute atomic E-state index is 0.0241. The van der Waals surface area contributed by atoms with Gasteiger partial charge in [0.1, 0.15) is 5.82 Å². The van der Waals surface area contributed by atoms with E-state index >= 15 is 0 Å². The van der Waals surface area contributed by atoms with Gasteiger partial charge in [0.05, 0.1) is 12.2 Å². The lowest BCUT2D eigenvalue weighted by atomic mass is 10.1. The molecule has 1 aromatic carbocycles. The molecule has 0 amide bonds. The van der Waals surface area contributed by atoms with Gasteiger partial charge in [0.2, 0.25) is 0 Å². The van der Waals surface area contributed by atoms with Crippen LogP contribution in [0.1, 0.15) is 48.7 Å². The van der Waals surface area contributed by atoms with Crippen molar-refractivity contribution in [3.63, 3.8) is 0 Å². The third-order valence-corrected chi connectivity index (χ3v) is 4.20. The summed E-state index contributed by atoms with van der Waals surface area (Å²) in [4.78, 5) is 4.62. The van der Waals surface area contributed by atoms with E-state index in [9.17, 15) is 4.39 Å². The van der Waals surface area contributed by atoms with Gasteiger partial charge in [0, 0.05) is 18.8 Å². The molecule has 2 rings (SSSR count). The number of aryl methyl sites for hydroxylation is 3. The highest BCUT2D eigenvalue weighted by Gasteiger charge is 2.09. The molecule has 0 saturated heterocycles. The Balaban J connectivity index is 1.92. The minimum Gasteiger partial charge on any atom is -0.357 e. The number of nitrogens with zero attached hydrogens (tertiary/aromatic N) is 2. The first-order chi connectivity index (χ1) is 12.0. The number of nitrogens with one attached hydrogen (secondary N) is 3. The molecule has 1 aromatic heterocycles. The smallest absolute Gasteiger partial charge is 0.191 e. The largest absolute Gasteiger partial charge is 0.357 e. The summed E-state index contributed by atoms with van der Waals surface area (Å²) in [5.41, 5.74) is 3.91. The lowest BCUT2D eigenvalue weighted by molar-refractivity contribution is 0.607. The summed E-state index contributed by atoms with van der Waals surface area (Å²) in [5, 5.41) is 13.6. The van der Waals surface area contributed by atoms with Gasteiger partial charge in [0.15, 0.2) is 5.96 Å². The SMILES string of the molecule is CCNC(=NCCCc1cn[nH]c1C)NC(C)c1ccc(C)c(F)c1. The van der Waals surface area contributed by atoms with E-state index in [0.717, 1.165) is 43.1 Å². The van der Waals surface area contributed by atoms with Crippen LogP contribution in [0.15, 0.2) is 29.4 Å². The van der Waals surface area contributed by atoms with E-state index in [1.165, 1.54) is 5.56 Å². The molecule has 2 aromatic rings. The van der Waals surface area contributed by atoms with Gasteiger partial charge < -0.3 is 10.6 Å². The van der Waals surface area contributed by atoms with E-state index in [0.29, 0.717) is 5.56 Å². The zero-order valence-electron chi connectivity index (χ0n) is 15.5. The van der Waals surface area contributed by atoms with Crippen LogP contribution in [0.4, 0.5) is 4.39 Å². The summed E-state index contributed by atoms with van der Waals surface area (Å²) < 4.78 is 13.8. The van der Waals surface area contributed by atoms with Crippen LogP contribution >= 0.6 is 0 Å². The number of aromatic amines is 1. The first-order valence-electron chi connectivity index (χ1n) is 8.81. The van der Waals surface area contributed by atoms with Crippen molar-refractivity contribution in [3.05, 3.63) is 52.6 Å². The van der Waals surface area contributed by atoms with E-state index in [-0.39, 0.29) is 11.9 Å². The molecule has 25 heavy (non-hydrogen) atoms. The molecule has 5 nitrogen and oxygen atoms in total. The molecule has 0 aliphatic rings. The van der Waals surface area contributed by atoms with Crippen molar-refractivity contribution in [2.24, 2.45) is 4.99 Å². The van der Waals surface area contributed by atoms with Crippen LogP contribution in [0.2, 0.25) is 0 Å². The summed E-state index contributed by atoms with van der Waals surface area (Å²) in [6, 6.07) is 5.31. The van der Waals surface area contributed by atoms with Crippen LogP contribution in [0, 0.1) is 19.7 Å². The maximum Gasteiger partial charge on any atom is 0.191 e. The lowest BCUT2D eigenvalue weighted by Crippen LogP contribution is -2.38. The summed E-state index contributed by atoms with van der Waals surface area (Å²) in [6.45, 7) is 9.33. The monoisotopic (exact) mass is 345 g/mol. The van der Waals surface area contributed by atoms with Crippen LogP contribution in [-0.4, -0.2) is 29.2 Å². The van der Waals surface area contributed by atoms with Gasteiger partial charge in [-0.3, -0.25) is 10.1 Å². The van der Waals surface area contributed by atoms with E-state index in [4.69, 9.17) is 0 Å². The molecule has 0 saturated carbocycles. The van der Waals surface area contributed by atoms with Gasteiger partial charge in [-0.25, -0.2) is 4.39 Å². The quantitative estimate of drug-likeness (QED) is 0.409. The Morgan fingerprint density at radius 2 is 2.16 bits per heavy atom. The highest BCUT2D eigenvalue weighted by Crippen LogP contribution is 2.16. The molecule has 0 bridgehead atoms. The Bertz CT molecular complexity index is 708. The van der Waals surface area contributed by atoms with Crippen LogP contribution < -0.4 is 10.6 Å². The number of halogens is 1. The van der Waals surface area contributed by atoms with Gasteiger partial charge in [-0.15, -0.1) is 0 Å². The van der Waals surface area contributed by atoms with Gasteiger partial charge >= 0.3 is 0 Å². The molecule has 0 fully saturated rings. The number of guanidine groups is 1. The molecule has 6 heteroatoms. The summed E-state index contributed by atoms with van der Waals surface area (Å²) in [7, 11) is 0. The number of benzene rings is 1. The van der Waals surface area contributed by atoms with Crippen molar-refractivity contribution in [1.82, 2.24) is 20.8 Å². The van der Waals surface area contributed by atoms with Crippen molar-refractivity contribution in [2.75, 3.05) is 13.1 Å². The van der Waals surface area contributed by atoms with Gasteiger partial charge in [-0.1, -0.05) is 12.1 Å². The first-order valence-corrected chi connectivity index (χ1v) is 8.81. The number of H-pyrrole nitrogens is 1. The fraction of sp³-hybridized carbons (Fsp3) is 0.474. The predicted octanol–water partition coefficient (Wildman–Crippen LogP) is 3.41. The van der Waals surface area contributed by atoms with Gasteiger partial charge in [-0.05, 0) is 63.3 Å². The number of hydrogen-bond acceptors (Lipinski definition) is 2. The second-order valence-electron chi connectivity index (χ2n) is 6.26. The Labute approximate surface area is 149 Å². The molecule has 0 aliphatic carbocycles. The normalized spacial score (nSPS) is 12.9. The van der Waals surface area contributed by atoms with Crippen LogP contribution in [0.3, 0.4) is 0 Å².